The van der Waals surface area contributed by atoms with Gasteiger partial charge in [0, 0.05) is 19.3 Å². The Morgan fingerprint density at radius 2 is 2.35 bits per heavy atom. The summed E-state index contributed by atoms with van der Waals surface area (Å²) in [6.45, 7) is 1.06. The highest BCUT2D eigenvalue weighted by molar-refractivity contribution is 5.81. The topological polar surface area (TPSA) is 32.3 Å². The van der Waals surface area contributed by atoms with Gasteiger partial charge in [0.05, 0.1) is 12.5 Å². The molecule has 88 valence electrons. The van der Waals surface area contributed by atoms with Crippen molar-refractivity contribution < 1.29 is 4.79 Å². The highest BCUT2D eigenvalue weighted by Crippen LogP contribution is 2.24. The molecule has 1 heterocycles. The first kappa shape index (κ1) is 11.5. The average Bonchev–Trinajstić information content (AvgIpc) is 2.37. The second-order valence-electron chi connectivity index (χ2n) is 4.34. The van der Waals surface area contributed by atoms with Gasteiger partial charge in [0.1, 0.15) is 0 Å². The van der Waals surface area contributed by atoms with E-state index in [2.05, 4.69) is 17.3 Å². The number of terminal acetylenes is 1. The third kappa shape index (κ3) is 2.42. The zero-order chi connectivity index (χ0) is 12.3. The van der Waals surface area contributed by atoms with Crippen LogP contribution in [0.4, 0.5) is 5.69 Å². The summed E-state index contributed by atoms with van der Waals surface area (Å²) in [5.74, 6) is 2.60. The van der Waals surface area contributed by atoms with E-state index >= 15 is 0 Å². The maximum absolute atomic E-state index is 12.1. The molecule has 3 heteroatoms. The Hall–Kier alpha value is -1.95. The Labute approximate surface area is 102 Å². The van der Waals surface area contributed by atoms with Crippen molar-refractivity contribution in [1.82, 2.24) is 4.90 Å². The normalized spacial score (nSPS) is 17.5. The highest BCUT2D eigenvalue weighted by atomic mass is 16.2. The van der Waals surface area contributed by atoms with E-state index in [1.165, 1.54) is 5.56 Å². The average molecular weight is 228 g/mol. The number of para-hydroxylation sites is 1. The van der Waals surface area contributed by atoms with Gasteiger partial charge in [-0.1, -0.05) is 24.1 Å². The molecule has 0 bridgehead atoms. The number of anilines is 1. The zero-order valence-corrected chi connectivity index (χ0v) is 9.94. The summed E-state index contributed by atoms with van der Waals surface area (Å²) in [5.41, 5.74) is 2.34. The molecule has 2 rings (SSSR count). The molecule has 1 aromatic carbocycles. The number of amides is 1. The number of fused-ring (bicyclic) bond motifs is 1. The number of carbonyl (C=O) groups is 1. The zero-order valence-electron chi connectivity index (χ0n) is 9.94. The summed E-state index contributed by atoms with van der Waals surface area (Å²) < 4.78 is 0. The molecule has 0 saturated carbocycles. The van der Waals surface area contributed by atoms with Gasteiger partial charge in [0.15, 0.2) is 0 Å². The lowest BCUT2D eigenvalue weighted by Crippen LogP contribution is -2.39. The van der Waals surface area contributed by atoms with E-state index in [1.54, 1.807) is 11.9 Å². The van der Waals surface area contributed by atoms with Gasteiger partial charge in [-0.25, -0.2) is 0 Å². The van der Waals surface area contributed by atoms with E-state index in [1.807, 2.05) is 18.2 Å². The van der Waals surface area contributed by atoms with Crippen LogP contribution in [0.25, 0.3) is 0 Å². The van der Waals surface area contributed by atoms with Crippen LogP contribution in [0.1, 0.15) is 5.56 Å². The lowest BCUT2D eigenvalue weighted by Gasteiger charge is -2.28. The van der Waals surface area contributed by atoms with Crippen LogP contribution in [0.3, 0.4) is 0 Å². The fraction of sp³-hybridized carbons (Fsp3) is 0.357. The summed E-state index contributed by atoms with van der Waals surface area (Å²) in [5, 5.41) is 3.29. The van der Waals surface area contributed by atoms with Crippen molar-refractivity contribution in [1.29, 1.82) is 0 Å². The predicted octanol–water partition coefficient (Wildman–Crippen LogP) is 1.36. The molecule has 1 aromatic rings. The molecule has 0 saturated heterocycles. The Kier molecular flexibility index (Phi) is 3.34. The molecule has 0 aliphatic carbocycles. The number of nitrogens with one attached hydrogen (secondary N) is 1. The molecular weight excluding hydrogens is 212 g/mol. The van der Waals surface area contributed by atoms with Crippen molar-refractivity contribution in [2.45, 2.75) is 6.42 Å². The van der Waals surface area contributed by atoms with Crippen LogP contribution in [0.2, 0.25) is 0 Å². The maximum atomic E-state index is 12.1. The van der Waals surface area contributed by atoms with Gasteiger partial charge in [0.25, 0.3) is 0 Å². The molecule has 3 nitrogen and oxygen atoms in total. The van der Waals surface area contributed by atoms with Crippen LogP contribution in [-0.4, -0.2) is 30.9 Å². The number of nitrogens with zero attached hydrogens (tertiary/aromatic N) is 1. The van der Waals surface area contributed by atoms with Gasteiger partial charge in [-0.2, -0.15) is 0 Å². The SMILES string of the molecule is C#CCN(C)C(=O)C1CNc2ccccc2C1. The number of benzene rings is 1. The van der Waals surface area contributed by atoms with E-state index in [0.717, 1.165) is 12.1 Å². The van der Waals surface area contributed by atoms with Crippen LogP contribution < -0.4 is 5.32 Å². The molecular formula is C14H16N2O. The van der Waals surface area contributed by atoms with Gasteiger partial charge < -0.3 is 10.2 Å². The molecule has 1 aliphatic rings. The van der Waals surface area contributed by atoms with E-state index in [-0.39, 0.29) is 11.8 Å². The number of rotatable bonds is 2. The van der Waals surface area contributed by atoms with E-state index < -0.39 is 0 Å². The largest absolute Gasteiger partial charge is 0.384 e. The number of hydrogen-bond acceptors (Lipinski definition) is 2. The molecule has 1 unspecified atom stereocenters. The maximum Gasteiger partial charge on any atom is 0.228 e. The van der Waals surface area contributed by atoms with Gasteiger partial charge in [0.2, 0.25) is 5.91 Å². The summed E-state index contributed by atoms with van der Waals surface area (Å²) in [6.07, 6.45) is 6.00. The van der Waals surface area contributed by atoms with E-state index in [9.17, 15) is 4.79 Å². The summed E-state index contributed by atoms with van der Waals surface area (Å²) in [7, 11) is 1.75. The molecule has 0 aromatic heterocycles. The lowest BCUT2D eigenvalue weighted by molar-refractivity contribution is -0.133. The second kappa shape index (κ2) is 4.92. The number of carbonyl (C=O) groups excluding carboxylic acids is 1. The number of hydrogen-bond donors (Lipinski definition) is 1. The minimum absolute atomic E-state index is 0.0109. The highest BCUT2D eigenvalue weighted by Gasteiger charge is 2.26. The summed E-state index contributed by atoms with van der Waals surface area (Å²) >= 11 is 0. The molecule has 17 heavy (non-hydrogen) atoms. The van der Waals surface area contributed by atoms with Gasteiger partial charge in [-0.05, 0) is 18.1 Å². The summed E-state index contributed by atoms with van der Waals surface area (Å²) in [4.78, 5) is 13.7. The summed E-state index contributed by atoms with van der Waals surface area (Å²) in [6, 6.07) is 8.10. The van der Waals surface area contributed by atoms with Gasteiger partial charge in [-0.3, -0.25) is 4.79 Å². The van der Waals surface area contributed by atoms with Gasteiger partial charge in [-0.15, -0.1) is 6.42 Å². The van der Waals surface area contributed by atoms with Crippen molar-refractivity contribution in [3.05, 3.63) is 29.8 Å². The van der Waals surface area contributed by atoms with Crippen molar-refractivity contribution in [3.63, 3.8) is 0 Å². The molecule has 0 fully saturated rings. The Morgan fingerprint density at radius 3 is 3.12 bits per heavy atom. The van der Waals surface area contributed by atoms with Crippen molar-refractivity contribution >= 4 is 11.6 Å². The first-order valence-electron chi connectivity index (χ1n) is 5.72. The smallest absolute Gasteiger partial charge is 0.228 e. The van der Waals surface area contributed by atoms with Crippen molar-refractivity contribution in [2.24, 2.45) is 5.92 Å². The minimum atomic E-state index is -0.0109. The lowest BCUT2D eigenvalue weighted by atomic mass is 9.93. The molecule has 1 atom stereocenters. The van der Waals surface area contributed by atoms with Crippen LogP contribution >= 0.6 is 0 Å². The van der Waals surface area contributed by atoms with Crippen molar-refractivity contribution in [3.8, 4) is 12.3 Å². The quantitative estimate of drug-likeness (QED) is 0.775. The fourth-order valence-electron chi connectivity index (χ4n) is 2.14. The Morgan fingerprint density at radius 1 is 1.59 bits per heavy atom. The third-order valence-electron chi connectivity index (χ3n) is 3.08. The van der Waals surface area contributed by atoms with E-state index in [0.29, 0.717) is 13.1 Å². The molecule has 1 N–H and O–H groups in total. The molecule has 1 aliphatic heterocycles. The Bertz CT molecular complexity index is 462. The van der Waals surface area contributed by atoms with E-state index in [4.69, 9.17) is 6.42 Å². The Balaban J connectivity index is 2.08. The molecule has 0 spiro atoms. The third-order valence-corrected chi connectivity index (χ3v) is 3.08. The predicted molar refractivity (Wildman–Crippen MR) is 68.6 cm³/mol. The monoisotopic (exact) mass is 228 g/mol. The van der Waals surface area contributed by atoms with Gasteiger partial charge >= 0.3 is 0 Å². The minimum Gasteiger partial charge on any atom is -0.384 e. The van der Waals surface area contributed by atoms with Crippen LogP contribution in [0, 0.1) is 18.3 Å². The fourth-order valence-corrected chi connectivity index (χ4v) is 2.14. The van der Waals surface area contributed by atoms with Crippen LogP contribution in [0.15, 0.2) is 24.3 Å². The molecule has 1 amide bonds. The standard InChI is InChI=1S/C14H16N2O/c1-3-8-16(2)14(17)12-9-11-6-4-5-7-13(11)15-10-12/h1,4-7,12,15H,8-10H2,2H3. The molecule has 0 radical (unpaired) electrons. The van der Waals surface area contributed by atoms with Crippen LogP contribution in [0.5, 0.6) is 0 Å². The first-order valence-corrected chi connectivity index (χ1v) is 5.72. The second-order valence-corrected chi connectivity index (χ2v) is 4.34. The van der Waals surface area contributed by atoms with Crippen LogP contribution in [-0.2, 0) is 11.2 Å². The van der Waals surface area contributed by atoms with Crippen molar-refractivity contribution in [2.75, 3.05) is 25.5 Å². The first-order chi connectivity index (χ1) is 8.22.